The number of benzene rings is 2. The Morgan fingerprint density at radius 1 is 1.07 bits per heavy atom. The highest BCUT2D eigenvalue weighted by molar-refractivity contribution is 14.0. The average molecular weight is 506 g/mol. The van der Waals surface area contributed by atoms with Crippen LogP contribution in [0.3, 0.4) is 0 Å². The molecule has 0 aliphatic carbocycles. The predicted octanol–water partition coefficient (Wildman–Crippen LogP) is 4.31. The SMILES string of the molecule is CN=C(NCc1ncc(-c2ccccc2)o1)Nc1ccc2c(c1)OCCCO2.I. The largest absolute Gasteiger partial charge is 0.490 e. The Morgan fingerprint density at radius 2 is 1.86 bits per heavy atom. The second-order valence-electron chi connectivity index (χ2n) is 6.25. The van der Waals surface area contributed by atoms with Gasteiger partial charge in [-0.1, -0.05) is 30.3 Å². The molecule has 7 nitrogen and oxygen atoms in total. The summed E-state index contributed by atoms with van der Waals surface area (Å²) in [5, 5.41) is 6.44. The van der Waals surface area contributed by atoms with Crippen molar-refractivity contribution in [1.29, 1.82) is 0 Å². The van der Waals surface area contributed by atoms with Crippen LogP contribution in [0.5, 0.6) is 11.5 Å². The molecule has 4 rings (SSSR count). The lowest BCUT2D eigenvalue weighted by molar-refractivity contribution is 0.297. The molecule has 0 saturated carbocycles. The van der Waals surface area contributed by atoms with Gasteiger partial charge < -0.3 is 24.5 Å². The minimum absolute atomic E-state index is 0. The first-order valence-corrected chi connectivity index (χ1v) is 9.19. The lowest BCUT2D eigenvalue weighted by Crippen LogP contribution is -2.30. The van der Waals surface area contributed by atoms with E-state index in [1.54, 1.807) is 13.2 Å². The van der Waals surface area contributed by atoms with Crippen LogP contribution >= 0.6 is 24.0 Å². The lowest BCUT2D eigenvalue weighted by atomic mass is 10.2. The summed E-state index contributed by atoms with van der Waals surface area (Å²) in [5.74, 6) is 3.43. The van der Waals surface area contributed by atoms with Crippen LogP contribution in [0.15, 0.2) is 64.1 Å². The summed E-state index contributed by atoms with van der Waals surface area (Å²) < 4.78 is 17.2. The van der Waals surface area contributed by atoms with Crippen LogP contribution in [-0.4, -0.2) is 31.2 Å². The van der Waals surface area contributed by atoms with Crippen molar-refractivity contribution in [2.24, 2.45) is 4.99 Å². The molecule has 0 radical (unpaired) electrons. The first kappa shape index (κ1) is 21.0. The molecule has 2 N–H and O–H groups in total. The van der Waals surface area contributed by atoms with E-state index in [9.17, 15) is 0 Å². The Labute approximate surface area is 186 Å². The third kappa shape index (κ3) is 5.41. The minimum atomic E-state index is 0. The van der Waals surface area contributed by atoms with Gasteiger partial charge in [0, 0.05) is 30.8 Å². The first-order chi connectivity index (χ1) is 13.8. The maximum Gasteiger partial charge on any atom is 0.214 e. The molecular formula is C21H23IN4O3. The van der Waals surface area contributed by atoms with E-state index < -0.39 is 0 Å². The van der Waals surface area contributed by atoms with Crippen LogP contribution < -0.4 is 20.1 Å². The van der Waals surface area contributed by atoms with Crippen molar-refractivity contribution in [1.82, 2.24) is 10.3 Å². The Balaban J connectivity index is 0.00000240. The Kier molecular flexibility index (Phi) is 7.34. The van der Waals surface area contributed by atoms with Gasteiger partial charge in [-0.2, -0.15) is 0 Å². The monoisotopic (exact) mass is 506 g/mol. The molecule has 0 amide bonds. The van der Waals surface area contributed by atoms with Gasteiger partial charge in [0.05, 0.1) is 26.0 Å². The van der Waals surface area contributed by atoms with Crippen molar-refractivity contribution in [2.75, 3.05) is 25.6 Å². The fourth-order valence-electron chi connectivity index (χ4n) is 2.84. The fourth-order valence-corrected chi connectivity index (χ4v) is 2.84. The van der Waals surface area contributed by atoms with Gasteiger partial charge in [0.1, 0.15) is 0 Å². The van der Waals surface area contributed by atoms with E-state index in [0.29, 0.717) is 31.6 Å². The van der Waals surface area contributed by atoms with Crippen molar-refractivity contribution in [3.05, 3.63) is 60.6 Å². The number of halogens is 1. The van der Waals surface area contributed by atoms with E-state index in [1.165, 1.54) is 0 Å². The number of hydrogen-bond acceptors (Lipinski definition) is 5. The second kappa shape index (κ2) is 10.1. The van der Waals surface area contributed by atoms with Crippen LogP contribution in [0.25, 0.3) is 11.3 Å². The molecule has 0 saturated heterocycles. The molecule has 1 aliphatic rings. The fraction of sp³-hybridized carbons (Fsp3) is 0.238. The molecule has 152 valence electrons. The summed E-state index contributed by atoms with van der Waals surface area (Å²) in [6.45, 7) is 1.73. The molecule has 0 spiro atoms. The number of oxazole rings is 1. The number of ether oxygens (including phenoxy) is 2. The highest BCUT2D eigenvalue weighted by Crippen LogP contribution is 2.32. The van der Waals surface area contributed by atoms with Crippen molar-refractivity contribution in [3.63, 3.8) is 0 Å². The molecule has 2 heterocycles. The number of guanidine groups is 1. The van der Waals surface area contributed by atoms with E-state index in [4.69, 9.17) is 13.9 Å². The second-order valence-corrected chi connectivity index (χ2v) is 6.25. The summed E-state index contributed by atoms with van der Waals surface area (Å²) in [6, 6.07) is 15.6. The topological polar surface area (TPSA) is 80.9 Å². The highest BCUT2D eigenvalue weighted by Gasteiger charge is 2.12. The van der Waals surface area contributed by atoms with Crippen LogP contribution in [0.1, 0.15) is 12.3 Å². The van der Waals surface area contributed by atoms with Gasteiger partial charge in [-0.3, -0.25) is 4.99 Å². The van der Waals surface area contributed by atoms with Crippen molar-refractivity contribution < 1.29 is 13.9 Å². The number of nitrogens with one attached hydrogen (secondary N) is 2. The van der Waals surface area contributed by atoms with Gasteiger partial charge in [0.25, 0.3) is 0 Å². The van der Waals surface area contributed by atoms with E-state index in [0.717, 1.165) is 34.9 Å². The summed E-state index contributed by atoms with van der Waals surface area (Å²) in [5.41, 5.74) is 1.85. The third-order valence-corrected chi connectivity index (χ3v) is 4.25. The Hall–Kier alpha value is -2.75. The molecule has 0 fully saturated rings. The zero-order valence-corrected chi connectivity index (χ0v) is 18.4. The molecule has 2 aromatic carbocycles. The summed E-state index contributed by atoms with van der Waals surface area (Å²) in [4.78, 5) is 8.57. The van der Waals surface area contributed by atoms with Gasteiger partial charge in [-0.05, 0) is 12.1 Å². The number of nitrogens with zero attached hydrogens (tertiary/aromatic N) is 2. The first-order valence-electron chi connectivity index (χ1n) is 9.19. The van der Waals surface area contributed by atoms with Gasteiger partial charge in [0.15, 0.2) is 23.2 Å². The van der Waals surface area contributed by atoms with Crippen molar-refractivity contribution in [2.45, 2.75) is 13.0 Å². The predicted molar refractivity (Wildman–Crippen MR) is 123 cm³/mol. The normalized spacial score (nSPS) is 13.2. The molecule has 29 heavy (non-hydrogen) atoms. The molecule has 0 atom stereocenters. The Morgan fingerprint density at radius 3 is 2.66 bits per heavy atom. The number of aromatic nitrogens is 1. The van der Waals surface area contributed by atoms with Crippen LogP contribution in [-0.2, 0) is 6.54 Å². The number of rotatable bonds is 4. The van der Waals surface area contributed by atoms with E-state index >= 15 is 0 Å². The van der Waals surface area contributed by atoms with Gasteiger partial charge in [-0.15, -0.1) is 24.0 Å². The molecule has 0 unspecified atom stereocenters. The number of aliphatic imine (C=N–C) groups is 1. The quantitative estimate of drug-likeness (QED) is 0.312. The molecule has 3 aromatic rings. The van der Waals surface area contributed by atoms with Crippen LogP contribution in [0, 0.1) is 0 Å². The van der Waals surface area contributed by atoms with E-state index in [2.05, 4.69) is 20.6 Å². The maximum atomic E-state index is 5.81. The van der Waals surface area contributed by atoms with Gasteiger partial charge in [-0.25, -0.2) is 4.98 Å². The molecule has 1 aliphatic heterocycles. The van der Waals surface area contributed by atoms with Crippen molar-refractivity contribution >= 4 is 35.6 Å². The zero-order chi connectivity index (χ0) is 19.2. The zero-order valence-electron chi connectivity index (χ0n) is 16.1. The van der Waals surface area contributed by atoms with Crippen LogP contribution in [0.2, 0.25) is 0 Å². The Bertz CT molecular complexity index is 960. The number of fused-ring (bicyclic) bond motifs is 1. The third-order valence-electron chi connectivity index (χ3n) is 4.25. The van der Waals surface area contributed by atoms with Gasteiger partial charge >= 0.3 is 0 Å². The number of hydrogen-bond donors (Lipinski definition) is 2. The smallest absolute Gasteiger partial charge is 0.214 e. The lowest BCUT2D eigenvalue weighted by Gasteiger charge is -2.13. The molecule has 1 aromatic heterocycles. The summed E-state index contributed by atoms with van der Waals surface area (Å²) in [6.07, 6.45) is 2.61. The van der Waals surface area contributed by atoms with Crippen molar-refractivity contribution in [3.8, 4) is 22.8 Å². The van der Waals surface area contributed by atoms with Gasteiger partial charge in [0.2, 0.25) is 5.89 Å². The summed E-state index contributed by atoms with van der Waals surface area (Å²) in [7, 11) is 1.71. The molecular weight excluding hydrogens is 483 g/mol. The standard InChI is InChI=1S/C21H22N4O3.HI/c1-22-21(25-16-8-9-17-18(12-16)27-11-5-10-26-17)24-14-20-23-13-19(28-20)15-6-3-2-4-7-15;/h2-4,6-9,12-13H,5,10-11,14H2,1H3,(H2,22,24,25);1H. The number of anilines is 1. The van der Waals surface area contributed by atoms with E-state index in [1.807, 2.05) is 48.5 Å². The average Bonchev–Trinajstić information content (AvgIpc) is 3.09. The van der Waals surface area contributed by atoms with E-state index in [-0.39, 0.29) is 24.0 Å². The molecule has 8 heteroatoms. The highest BCUT2D eigenvalue weighted by atomic mass is 127. The summed E-state index contributed by atoms with van der Waals surface area (Å²) >= 11 is 0. The maximum absolute atomic E-state index is 5.81. The minimum Gasteiger partial charge on any atom is -0.490 e. The molecule has 0 bridgehead atoms. The van der Waals surface area contributed by atoms with Crippen LogP contribution in [0.4, 0.5) is 5.69 Å².